The fourth-order valence-electron chi connectivity index (χ4n) is 5.77. The molecule has 0 aliphatic heterocycles. The average molecular weight is 728 g/mol. The molecule has 0 fully saturated rings. The van der Waals surface area contributed by atoms with Gasteiger partial charge in [0.15, 0.2) is 0 Å². The van der Waals surface area contributed by atoms with Crippen molar-refractivity contribution in [3.05, 3.63) is 156 Å². The summed E-state index contributed by atoms with van der Waals surface area (Å²) >= 11 is 1.60. The zero-order valence-electron chi connectivity index (χ0n) is 21.5. The Balaban J connectivity index is 0.00000276. The molecule has 4 aromatic carbocycles. The van der Waals surface area contributed by atoms with Crippen LogP contribution in [0.25, 0.3) is 31.9 Å². The van der Waals surface area contributed by atoms with Crippen LogP contribution in [0.4, 0.5) is 0 Å². The van der Waals surface area contributed by atoms with Gasteiger partial charge >= 0.3 is 21.1 Å². The van der Waals surface area contributed by atoms with E-state index < -0.39 is 5.41 Å². The summed E-state index contributed by atoms with van der Waals surface area (Å²) in [5, 5.41) is 0.839. The van der Waals surface area contributed by atoms with Crippen LogP contribution in [-0.2, 0) is 26.5 Å². The van der Waals surface area contributed by atoms with Gasteiger partial charge in [-0.05, 0) is 52.8 Å². The van der Waals surface area contributed by atoms with Gasteiger partial charge in [-0.15, -0.1) is 23.3 Å². The number of hydrogen-bond acceptors (Lipinski definition) is 5. The predicted molar refractivity (Wildman–Crippen MR) is 157 cm³/mol. The molecule has 0 unspecified atom stereocenters. The standard InChI is InChI=1S/C35H20N2O2S.Pt/c1-3-14-28-26(12-1)27-13-2-4-15-29(27)35(28,32-18-7-8-19-36-32)24-10-9-11-25(21-24)39-33-20-23(22-38-33)34-37-30-16-5-6-17-31(30)40-34;/h1-19,22H;/q-2;+2. The van der Waals surface area contributed by atoms with Crippen molar-refractivity contribution in [2.45, 2.75) is 5.41 Å². The first kappa shape index (κ1) is 25.6. The van der Waals surface area contributed by atoms with E-state index in [-0.39, 0.29) is 27.0 Å². The molecular weight excluding hydrogens is 708 g/mol. The van der Waals surface area contributed by atoms with Crippen LogP contribution in [0.1, 0.15) is 22.4 Å². The summed E-state index contributed by atoms with van der Waals surface area (Å²) in [6.45, 7) is 0. The Bertz CT molecular complexity index is 1940. The van der Waals surface area contributed by atoms with Crippen molar-refractivity contribution in [1.29, 1.82) is 0 Å². The molecule has 7 aromatic rings. The van der Waals surface area contributed by atoms with E-state index in [9.17, 15) is 0 Å². The molecule has 0 amide bonds. The van der Waals surface area contributed by atoms with E-state index in [1.165, 1.54) is 22.3 Å². The Hall–Kier alpha value is -4.31. The second kappa shape index (κ2) is 10.3. The number of nitrogens with zero attached hydrogens (tertiary/aromatic N) is 2. The smallest absolute Gasteiger partial charge is 0.507 e. The van der Waals surface area contributed by atoms with Crippen molar-refractivity contribution >= 4 is 21.6 Å². The Morgan fingerprint density at radius 3 is 2.22 bits per heavy atom. The first-order valence-corrected chi connectivity index (χ1v) is 13.8. The Kier molecular flexibility index (Phi) is 6.42. The SMILES string of the molecule is [Pt+2].[c-]1c(Oc2[c-]c(-c3nc4ccccc4s3)co2)cccc1C1(c2ccccn2)c2ccccc2-c2ccccc21. The van der Waals surface area contributed by atoms with Gasteiger partial charge in [-0.25, -0.2) is 0 Å². The minimum Gasteiger partial charge on any atom is -0.507 e. The molecule has 0 saturated heterocycles. The van der Waals surface area contributed by atoms with E-state index >= 15 is 0 Å². The van der Waals surface area contributed by atoms with Gasteiger partial charge in [0.2, 0.25) is 5.95 Å². The molecule has 41 heavy (non-hydrogen) atoms. The molecule has 6 heteroatoms. The van der Waals surface area contributed by atoms with Gasteiger partial charge < -0.3 is 14.1 Å². The Morgan fingerprint density at radius 2 is 1.46 bits per heavy atom. The number of hydrogen-bond donors (Lipinski definition) is 0. The zero-order valence-corrected chi connectivity index (χ0v) is 24.6. The zero-order chi connectivity index (χ0) is 26.5. The molecule has 198 valence electrons. The molecule has 0 bridgehead atoms. The first-order chi connectivity index (χ1) is 19.8. The van der Waals surface area contributed by atoms with Crippen LogP contribution >= 0.6 is 11.3 Å². The van der Waals surface area contributed by atoms with Crippen molar-refractivity contribution in [3.8, 4) is 33.4 Å². The summed E-state index contributed by atoms with van der Waals surface area (Å²) < 4.78 is 13.1. The normalized spacial score (nSPS) is 12.9. The number of furan rings is 1. The molecule has 0 radical (unpaired) electrons. The molecule has 0 spiro atoms. The molecule has 0 N–H and O–H groups in total. The van der Waals surface area contributed by atoms with Gasteiger partial charge in [-0.3, -0.25) is 4.98 Å². The van der Waals surface area contributed by atoms with Gasteiger partial charge in [0.25, 0.3) is 0 Å². The van der Waals surface area contributed by atoms with E-state index in [1.807, 2.05) is 48.7 Å². The molecule has 8 rings (SSSR count). The maximum Gasteiger partial charge on any atom is 2.00 e. The van der Waals surface area contributed by atoms with Crippen LogP contribution in [0.3, 0.4) is 0 Å². The van der Waals surface area contributed by atoms with Gasteiger partial charge in [0.1, 0.15) is 0 Å². The first-order valence-electron chi connectivity index (χ1n) is 13.0. The molecule has 0 saturated carbocycles. The van der Waals surface area contributed by atoms with Crippen molar-refractivity contribution in [2.24, 2.45) is 0 Å². The fourth-order valence-corrected chi connectivity index (χ4v) is 6.70. The second-order valence-corrected chi connectivity index (χ2v) is 10.7. The van der Waals surface area contributed by atoms with Crippen LogP contribution in [-0.4, -0.2) is 9.97 Å². The van der Waals surface area contributed by atoms with Gasteiger partial charge in [-0.1, -0.05) is 72.8 Å². The van der Waals surface area contributed by atoms with Crippen LogP contribution < -0.4 is 4.74 Å². The van der Waals surface area contributed by atoms with Crippen molar-refractivity contribution in [3.63, 3.8) is 0 Å². The van der Waals surface area contributed by atoms with Crippen molar-refractivity contribution in [2.75, 3.05) is 0 Å². The Morgan fingerprint density at radius 1 is 0.732 bits per heavy atom. The van der Waals surface area contributed by atoms with Gasteiger partial charge in [-0.2, -0.15) is 23.5 Å². The fraction of sp³-hybridized carbons (Fsp3) is 0.0286. The number of para-hydroxylation sites is 1. The predicted octanol–water partition coefficient (Wildman–Crippen LogP) is 8.70. The molecule has 4 nitrogen and oxygen atoms in total. The molecule has 3 aromatic heterocycles. The van der Waals surface area contributed by atoms with Crippen LogP contribution in [0.5, 0.6) is 11.7 Å². The van der Waals surface area contributed by atoms with E-state index in [2.05, 4.69) is 78.9 Å². The number of ether oxygens (including phenoxy) is 1. The van der Waals surface area contributed by atoms with E-state index in [0.29, 0.717) is 5.75 Å². The van der Waals surface area contributed by atoms with E-state index in [4.69, 9.17) is 19.1 Å². The summed E-state index contributed by atoms with van der Waals surface area (Å²) in [7, 11) is 0. The monoisotopic (exact) mass is 727 g/mol. The summed E-state index contributed by atoms with van der Waals surface area (Å²) in [6, 6.07) is 44.0. The number of thiazole rings is 1. The molecule has 1 aliphatic rings. The average Bonchev–Trinajstić information content (AvgIpc) is 3.73. The summed E-state index contributed by atoms with van der Waals surface area (Å²) in [5.41, 5.74) is 7.69. The molecular formula is C35H20N2O2PtS. The third-order valence-electron chi connectivity index (χ3n) is 7.42. The van der Waals surface area contributed by atoms with E-state index in [0.717, 1.165) is 32.0 Å². The number of pyridine rings is 1. The maximum absolute atomic E-state index is 6.19. The number of aromatic nitrogens is 2. The summed E-state index contributed by atoms with van der Waals surface area (Å²) in [4.78, 5) is 9.60. The van der Waals surface area contributed by atoms with Crippen LogP contribution in [0, 0.1) is 12.1 Å². The largest absolute Gasteiger partial charge is 2.00 e. The molecule has 0 atom stereocenters. The Labute approximate surface area is 255 Å². The third-order valence-corrected chi connectivity index (χ3v) is 8.49. The molecule has 1 aliphatic carbocycles. The number of rotatable bonds is 5. The van der Waals surface area contributed by atoms with Gasteiger partial charge in [0.05, 0.1) is 16.6 Å². The molecule has 3 heterocycles. The number of fused-ring (bicyclic) bond motifs is 4. The van der Waals surface area contributed by atoms with Crippen LogP contribution in [0.15, 0.2) is 126 Å². The second-order valence-electron chi connectivity index (χ2n) is 9.64. The quantitative estimate of drug-likeness (QED) is 0.167. The van der Waals surface area contributed by atoms with Crippen molar-refractivity contribution < 1.29 is 30.2 Å². The number of benzene rings is 4. The van der Waals surface area contributed by atoms with Crippen molar-refractivity contribution in [1.82, 2.24) is 9.97 Å². The minimum atomic E-state index is -0.646. The topological polar surface area (TPSA) is 48.2 Å². The third kappa shape index (κ3) is 4.08. The van der Waals surface area contributed by atoms with Crippen LogP contribution in [0.2, 0.25) is 0 Å². The maximum atomic E-state index is 6.19. The summed E-state index contributed by atoms with van der Waals surface area (Å²) in [6.07, 6.45) is 3.48. The minimum absolute atomic E-state index is 0. The summed E-state index contributed by atoms with van der Waals surface area (Å²) in [5.74, 6) is 0.804. The van der Waals surface area contributed by atoms with Gasteiger partial charge in [0, 0.05) is 21.7 Å². The van der Waals surface area contributed by atoms with E-state index in [1.54, 1.807) is 17.6 Å².